The second-order valence-corrected chi connectivity index (χ2v) is 8.28. The van der Waals surface area contributed by atoms with E-state index >= 15 is 0 Å². The number of carboxylic acid groups (broad SMARTS) is 1. The molecule has 1 saturated heterocycles. The average molecular weight is 441 g/mol. The van der Waals surface area contributed by atoms with Gasteiger partial charge in [0.1, 0.15) is 16.8 Å². The Morgan fingerprint density at radius 2 is 2.03 bits per heavy atom. The first-order chi connectivity index (χ1) is 14.8. The number of nitrogens with zero attached hydrogens (tertiary/aromatic N) is 2. The highest BCUT2D eigenvalue weighted by Gasteiger charge is 2.34. The molecule has 0 aliphatic carbocycles. The van der Waals surface area contributed by atoms with Crippen molar-refractivity contribution in [2.24, 2.45) is 0 Å². The Labute approximate surface area is 181 Å². The number of benzene rings is 2. The minimum absolute atomic E-state index is 0.0256. The quantitative estimate of drug-likeness (QED) is 0.626. The number of nitrogens with one attached hydrogen (secondary N) is 1. The number of aromatic nitrogens is 1. The molecule has 7 nitrogen and oxygen atoms in total. The fourth-order valence-electron chi connectivity index (χ4n) is 3.68. The number of hydrazine groups is 1. The molecule has 1 amide bonds. The summed E-state index contributed by atoms with van der Waals surface area (Å²) in [6.07, 6.45) is 1.25. The van der Waals surface area contributed by atoms with Gasteiger partial charge in [-0.15, -0.1) is 11.8 Å². The number of thioether (sulfide) groups is 1. The third kappa shape index (κ3) is 3.65. The third-order valence-corrected chi connectivity index (χ3v) is 6.50. The van der Waals surface area contributed by atoms with Crippen molar-refractivity contribution in [3.8, 4) is 0 Å². The number of hydrogen-bond donors (Lipinski definition) is 2. The second-order valence-electron chi connectivity index (χ2n) is 7.21. The van der Waals surface area contributed by atoms with Crippen LogP contribution in [0.2, 0.25) is 0 Å². The number of carbonyl (C=O) groups is 2. The van der Waals surface area contributed by atoms with Gasteiger partial charge in [-0.2, -0.15) is 0 Å². The summed E-state index contributed by atoms with van der Waals surface area (Å²) in [6.45, 7) is 4.13. The number of pyridine rings is 1. The van der Waals surface area contributed by atoms with Crippen molar-refractivity contribution >= 4 is 40.2 Å². The molecule has 2 aromatic carbocycles. The van der Waals surface area contributed by atoms with Crippen LogP contribution in [0.25, 0.3) is 10.9 Å². The molecule has 3 aromatic rings. The fraction of sp³-hybridized carbons (Fsp3) is 0.227. The summed E-state index contributed by atoms with van der Waals surface area (Å²) in [6, 6.07) is 10.1. The largest absolute Gasteiger partial charge is 0.477 e. The predicted octanol–water partition coefficient (Wildman–Crippen LogP) is 3.77. The summed E-state index contributed by atoms with van der Waals surface area (Å²) in [7, 11) is 0. The second kappa shape index (κ2) is 8.07. The number of rotatable bonds is 5. The summed E-state index contributed by atoms with van der Waals surface area (Å²) >= 11 is 1.44. The van der Waals surface area contributed by atoms with Gasteiger partial charge >= 0.3 is 5.97 Å². The maximum atomic E-state index is 15.0. The van der Waals surface area contributed by atoms with Crippen LogP contribution < -0.4 is 10.9 Å². The van der Waals surface area contributed by atoms with E-state index in [0.717, 1.165) is 17.2 Å². The lowest BCUT2D eigenvalue weighted by Crippen LogP contribution is -2.34. The van der Waals surface area contributed by atoms with Gasteiger partial charge in [-0.3, -0.25) is 15.0 Å². The maximum Gasteiger partial charge on any atom is 0.341 e. The molecule has 0 spiro atoms. The minimum atomic E-state index is -1.36. The number of carbonyl (C=O) groups excluding carboxylic acids is 1. The molecule has 1 aliphatic heterocycles. The van der Waals surface area contributed by atoms with Gasteiger partial charge in [0, 0.05) is 18.1 Å². The number of amides is 1. The molecule has 1 fully saturated rings. The SMILES string of the molecule is CCn1cc(C(=O)O)c(=O)c2cc(F)c(NN3C(=O)CSC3c3ccccc3C)cc21. The van der Waals surface area contributed by atoms with Gasteiger partial charge in [0.25, 0.3) is 5.91 Å². The highest BCUT2D eigenvalue weighted by atomic mass is 32.2. The minimum Gasteiger partial charge on any atom is -0.477 e. The van der Waals surface area contributed by atoms with Crippen molar-refractivity contribution in [1.82, 2.24) is 9.58 Å². The van der Waals surface area contributed by atoms with Crippen LogP contribution in [0.3, 0.4) is 0 Å². The molecular formula is C22H20FN3O4S. The molecule has 2 heterocycles. The van der Waals surface area contributed by atoms with Crippen LogP contribution in [0.15, 0.2) is 47.4 Å². The van der Waals surface area contributed by atoms with E-state index in [1.165, 1.54) is 29.0 Å². The van der Waals surface area contributed by atoms with Crippen molar-refractivity contribution in [2.75, 3.05) is 11.2 Å². The van der Waals surface area contributed by atoms with Gasteiger partial charge in [0.2, 0.25) is 5.43 Å². The molecule has 1 atom stereocenters. The monoisotopic (exact) mass is 441 g/mol. The van der Waals surface area contributed by atoms with Gasteiger partial charge < -0.3 is 9.67 Å². The first-order valence-electron chi connectivity index (χ1n) is 9.67. The first kappa shape index (κ1) is 20.9. The average Bonchev–Trinajstić information content (AvgIpc) is 3.09. The summed E-state index contributed by atoms with van der Waals surface area (Å²) in [5.41, 5.74) is 4.11. The number of aromatic carboxylic acids is 1. The van der Waals surface area contributed by atoms with Crippen LogP contribution in [0.4, 0.5) is 10.1 Å². The van der Waals surface area contributed by atoms with Crippen LogP contribution in [0.1, 0.15) is 33.8 Å². The van der Waals surface area contributed by atoms with Crippen molar-refractivity contribution in [2.45, 2.75) is 25.8 Å². The van der Waals surface area contributed by atoms with Crippen LogP contribution in [-0.4, -0.2) is 32.3 Å². The Kier molecular flexibility index (Phi) is 5.45. The molecule has 4 rings (SSSR count). The molecule has 0 bridgehead atoms. The zero-order valence-corrected chi connectivity index (χ0v) is 17.7. The third-order valence-electron chi connectivity index (χ3n) is 5.30. The number of anilines is 1. The van der Waals surface area contributed by atoms with Crippen LogP contribution >= 0.6 is 11.8 Å². The number of hydrogen-bond acceptors (Lipinski definition) is 5. The van der Waals surface area contributed by atoms with E-state index in [9.17, 15) is 23.9 Å². The molecule has 1 aliphatic rings. The highest BCUT2D eigenvalue weighted by molar-refractivity contribution is 8.00. The molecule has 31 heavy (non-hydrogen) atoms. The van der Waals surface area contributed by atoms with Crippen LogP contribution in [0.5, 0.6) is 0 Å². The molecule has 0 radical (unpaired) electrons. The topological polar surface area (TPSA) is 91.6 Å². The summed E-state index contributed by atoms with van der Waals surface area (Å²) in [5, 5.41) is 10.3. The predicted molar refractivity (Wildman–Crippen MR) is 118 cm³/mol. The summed E-state index contributed by atoms with van der Waals surface area (Å²) in [4.78, 5) is 36.5. The summed E-state index contributed by atoms with van der Waals surface area (Å²) < 4.78 is 16.5. The Hall–Kier alpha value is -3.33. The van der Waals surface area contributed by atoms with E-state index in [2.05, 4.69) is 5.43 Å². The number of aryl methyl sites for hydroxylation is 2. The molecule has 2 N–H and O–H groups in total. The normalized spacial score (nSPS) is 16.2. The van der Waals surface area contributed by atoms with Crippen molar-refractivity contribution in [3.63, 3.8) is 0 Å². The molecule has 160 valence electrons. The zero-order valence-electron chi connectivity index (χ0n) is 16.9. The molecule has 9 heteroatoms. The van der Waals surface area contributed by atoms with Crippen LogP contribution in [-0.2, 0) is 11.3 Å². The number of halogens is 1. The van der Waals surface area contributed by atoms with Gasteiger partial charge in [-0.1, -0.05) is 24.3 Å². The lowest BCUT2D eigenvalue weighted by atomic mass is 10.1. The lowest BCUT2D eigenvalue weighted by Gasteiger charge is -2.27. The highest BCUT2D eigenvalue weighted by Crippen LogP contribution is 2.40. The molecular weight excluding hydrogens is 421 g/mol. The van der Waals surface area contributed by atoms with Gasteiger partial charge in [-0.05, 0) is 37.1 Å². The lowest BCUT2D eigenvalue weighted by molar-refractivity contribution is -0.126. The van der Waals surface area contributed by atoms with E-state index in [4.69, 9.17) is 0 Å². The van der Waals surface area contributed by atoms with E-state index in [-0.39, 0.29) is 28.1 Å². The van der Waals surface area contributed by atoms with Crippen LogP contribution in [0, 0.1) is 12.7 Å². The maximum absolute atomic E-state index is 15.0. The van der Waals surface area contributed by atoms with Gasteiger partial charge in [0.15, 0.2) is 0 Å². The van der Waals surface area contributed by atoms with Crippen molar-refractivity contribution in [1.29, 1.82) is 0 Å². The van der Waals surface area contributed by atoms with Gasteiger partial charge in [-0.25, -0.2) is 14.2 Å². The Morgan fingerprint density at radius 1 is 1.29 bits per heavy atom. The standard InChI is InChI=1S/C22H20FN3O4S/c1-3-25-10-15(22(29)30)20(28)14-8-16(23)17(9-18(14)25)24-26-19(27)11-31-21(26)13-7-5-4-6-12(13)2/h4-10,21,24H,3,11H2,1-2H3,(H,29,30). The Balaban J connectivity index is 1.79. The Morgan fingerprint density at radius 3 is 2.71 bits per heavy atom. The van der Waals surface area contributed by atoms with Gasteiger partial charge in [0.05, 0.1) is 17.0 Å². The summed E-state index contributed by atoms with van der Waals surface area (Å²) in [5.74, 6) is -2.05. The smallest absolute Gasteiger partial charge is 0.341 e. The van der Waals surface area contributed by atoms with E-state index in [1.807, 2.05) is 31.2 Å². The molecule has 1 aromatic heterocycles. The Bertz CT molecular complexity index is 1270. The fourth-order valence-corrected chi connectivity index (χ4v) is 4.88. The van der Waals surface area contributed by atoms with Crippen molar-refractivity contribution in [3.05, 3.63) is 75.3 Å². The first-order valence-corrected chi connectivity index (χ1v) is 10.7. The van der Waals surface area contributed by atoms with E-state index < -0.39 is 22.8 Å². The van der Waals surface area contributed by atoms with Crippen molar-refractivity contribution < 1.29 is 19.1 Å². The molecule has 1 unspecified atom stereocenters. The molecule has 0 saturated carbocycles. The van der Waals surface area contributed by atoms with E-state index in [1.54, 1.807) is 11.5 Å². The van der Waals surface area contributed by atoms with E-state index in [0.29, 0.717) is 12.1 Å². The number of carboxylic acids is 1. The number of fused-ring (bicyclic) bond motifs is 1. The zero-order chi connectivity index (χ0) is 22.3.